The number of hydrogen-bond donors (Lipinski definition) is 2. The number of halogens is 3. The largest absolute Gasteiger partial charge is 0.388 e. The van der Waals surface area contributed by atoms with Crippen molar-refractivity contribution in [2.45, 2.75) is 38.2 Å². The lowest BCUT2D eigenvalue weighted by Crippen LogP contribution is -2.45. The highest BCUT2D eigenvalue weighted by Gasteiger charge is 2.33. The molecule has 0 aliphatic heterocycles. The van der Waals surface area contributed by atoms with Gasteiger partial charge in [0.1, 0.15) is 0 Å². The van der Waals surface area contributed by atoms with E-state index < -0.39 is 5.60 Å². The Labute approximate surface area is 148 Å². The maximum Gasteiger partial charge on any atom is 0.252 e. The zero-order valence-corrected chi connectivity index (χ0v) is 15.4. The molecule has 1 aliphatic rings. The van der Waals surface area contributed by atoms with Crippen LogP contribution in [0, 0.1) is 9.49 Å². The topological polar surface area (TPSA) is 49.3 Å². The average molecular weight is 442 g/mol. The molecule has 2 atom stereocenters. The van der Waals surface area contributed by atoms with Gasteiger partial charge in [-0.25, -0.2) is 0 Å². The lowest BCUT2D eigenvalue weighted by molar-refractivity contribution is -0.0109. The molecule has 1 amide bonds. The molecule has 1 saturated carbocycles. The Balaban J connectivity index is 2.05. The normalized spacial score (nSPS) is 25.7. The number of nitrogens with one attached hydrogen (secondary N) is 1. The molecule has 0 spiro atoms. The fourth-order valence-electron chi connectivity index (χ4n) is 2.85. The van der Waals surface area contributed by atoms with Crippen LogP contribution in [-0.4, -0.2) is 23.2 Å². The molecule has 6 heteroatoms. The van der Waals surface area contributed by atoms with Crippen molar-refractivity contribution < 1.29 is 9.90 Å². The first-order chi connectivity index (χ1) is 9.81. The molecule has 0 heterocycles. The molecule has 0 saturated heterocycles. The van der Waals surface area contributed by atoms with Gasteiger partial charge in [-0.2, -0.15) is 0 Å². The van der Waals surface area contributed by atoms with Crippen LogP contribution in [-0.2, 0) is 0 Å². The summed E-state index contributed by atoms with van der Waals surface area (Å²) in [5.74, 6) is 0.233. The monoisotopic (exact) mass is 441 g/mol. The molecule has 0 radical (unpaired) electrons. The first-order valence-electron chi connectivity index (χ1n) is 6.96. The van der Waals surface area contributed by atoms with E-state index in [0.717, 1.165) is 25.7 Å². The fraction of sp³-hybridized carbons (Fsp3) is 0.533. The SMILES string of the molecule is CC1CCCC(O)(CNC(=O)c2cc(Cl)cc(Cl)c2I)C1. The molecule has 1 aromatic carbocycles. The molecule has 1 fully saturated rings. The van der Waals surface area contributed by atoms with Gasteiger partial charge in [0.25, 0.3) is 5.91 Å². The second kappa shape index (κ2) is 7.02. The van der Waals surface area contributed by atoms with Gasteiger partial charge in [-0.05, 0) is 53.5 Å². The molecule has 21 heavy (non-hydrogen) atoms. The van der Waals surface area contributed by atoms with Gasteiger partial charge in [0.05, 0.1) is 16.2 Å². The maximum absolute atomic E-state index is 12.3. The van der Waals surface area contributed by atoms with Crippen molar-refractivity contribution in [2.24, 2.45) is 5.92 Å². The minimum atomic E-state index is -0.804. The third-order valence-corrected chi connectivity index (χ3v) is 5.88. The van der Waals surface area contributed by atoms with Crippen molar-refractivity contribution in [3.05, 3.63) is 31.3 Å². The molecule has 3 nitrogen and oxygen atoms in total. The number of amides is 1. The van der Waals surface area contributed by atoms with Crippen molar-refractivity contribution in [1.82, 2.24) is 5.32 Å². The van der Waals surface area contributed by atoms with Crippen LogP contribution < -0.4 is 5.32 Å². The van der Waals surface area contributed by atoms with Crippen molar-refractivity contribution in [3.63, 3.8) is 0 Å². The quantitative estimate of drug-likeness (QED) is 0.543. The summed E-state index contributed by atoms with van der Waals surface area (Å²) in [6.45, 7) is 2.39. The summed E-state index contributed by atoms with van der Waals surface area (Å²) in [5.41, 5.74) is -0.359. The van der Waals surface area contributed by atoms with Crippen molar-refractivity contribution in [3.8, 4) is 0 Å². The number of aliphatic hydroxyl groups is 1. The van der Waals surface area contributed by atoms with Gasteiger partial charge in [-0.1, -0.05) is 43.0 Å². The number of carbonyl (C=O) groups is 1. The van der Waals surface area contributed by atoms with E-state index in [9.17, 15) is 9.90 Å². The van der Waals surface area contributed by atoms with Crippen LogP contribution in [0.3, 0.4) is 0 Å². The van der Waals surface area contributed by atoms with Gasteiger partial charge >= 0.3 is 0 Å². The summed E-state index contributed by atoms with van der Waals surface area (Å²) in [6.07, 6.45) is 3.58. The highest BCUT2D eigenvalue weighted by Crippen LogP contribution is 2.32. The van der Waals surface area contributed by atoms with E-state index in [2.05, 4.69) is 12.2 Å². The summed E-state index contributed by atoms with van der Waals surface area (Å²) < 4.78 is 0.667. The Morgan fingerprint density at radius 1 is 1.52 bits per heavy atom. The molecule has 2 rings (SSSR count). The molecule has 0 aromatic heterocycles. The minimum Gasteiger partial charge on any atom is -0.388 e. The minimum absolute atomic E-state index is 0.254. The summed E-state index contributed by atoms with van der Waals surface area (Å²) in [6, 6.07) is 3.20. The fourth-order valence-corrected chi connectivity index (χ4v) is 3.90. The molecular weight excluding hydrogens is 424 g/mol. The van der Waals surface area contributed by atoms with Crippen LogP contribution in [0.15, 0.2) is 12.1 Å². The Bertz CT molecular complexity index is 553. The molecule has 0 bridgehead atoms. The van der Waals surface area contributed by atoms with E-state index in [4.69, 9.17) is 23.2 Å². The zero-order chi connectivity index (χ0) is 15.6. The Hall–Kier alpha value is -0.0400. The van der Waals surface area contributed by atoms with Gasteiger partial charge in [0.15, 0.2) is 0 Å². The lowest BCUT2D eigenvalue weighted by atomic mass is 9.79. The summed E-state index contributed by atoms with van der Waals surface area (Å²) >= 11 is 14.0. The van der Waals surface area contributed by atoms with Crippen molar-refractivity contribution in [2.75, 3.05) is 6.54 Å². The molecule has 116 valence electrons. The Morgan fingerprint density at radius 2 is 2.24 bits per heavy atom. The highest BCUT2D eigenvalue weighted by atomic mass is 127. The number of rotatable bonds is 3. The second-order valence-corrected chi connectivity index (χ2v) is 7.78. The van der Waals surface area contributed by atoms with Gasteiger partial charge in [-0.3, -0.25) is 4.79 Å². The smallest absolute Gasteiger partial charge is 0.252 e. The molecule has 2 N–H and O–H groups in total. The first-order valence-corrected chi connectivity index (χ1v) is 8.79. The Kier molecular flexibility index (Phi) is 5.79. The standard InChI is InChI=1S/C15H18Cl2INO2/c1-9-3-2-4-15(21,7-9)8-19-14(20)11-5-10(16)6-12(17)13(11)18/h5-6,9,21H,2-4,7-8H2,1H3,(H,19,20). The maximum atomic E-state index is 12.3. The van der Waals surface area contributed by atoms with Crippen LogP contribution in [0.2, 0.25) is 10.0 Å². The molecular formula is C15H18Cl2INO2. The number of carbonyl (C=O) groups excluding carboxylic acids is 1. The predicted molar refractivity (Wildman–Crippen MR) is 94.1 cm³/mol. The summed E-state index contributed by atoms with van der Waals surface area (Å²) in [5, 5.41) is 14.2. The Morgan fingerprint density at radius 3 is 2.90 bits per heavy atom. The van der Waals surface area contributed by atoms with E-state index in [1.54, 1.807) is 12.1 Å². The molecule has 2 unspecified atom stereocenters. The summed E-state index contributed by atoms with van der Waals surface area (Å²) in [7, 11) is 0. The number of hydrogen-bond acceptors (Lipinski definition) is 2. The molecule has 1 aliphatic carbocycles. The van der Waals surface area contributed by atoms with E-state index in [1.807, 2.05) is 22.6 Å². The number of benzene rings is 1. The predicted octanol–water partition coefficient (Wildman–Crippen LogP) is 4.27. The highest BCUT2D eigenvalue weighted by molar-refractivity contribution is 14.1. The van der Waals surface area contributed by atoms with Gasteiger partial charge in [0, 0.05) is 15.1 Å². The van der Waals surface area contributed by atoms with Gasteiger partial charge in [-0.15, -0.1) is 0 Å². The third kappa shape index (κ3) is 4.47. The van der Waals surface area contributed by atoms with E-state index in [-0.39, 0.29) is 12.5 Å². The molecule has 1 aromatic rings. The van der Waals surface area contributed by atoms with E-state index in [1.165, 1.54) is 0 Å². The first kappa shape index (κ1) is 17.3. The van der Waals surface area contributed by atoms with Crippen LogP contribution in [0.5, 0.6) is 0 Å². The van der Waals surface area contributed by atoms with Crippen molar-refractivity contribution >= 4 is 51.7 Å². The van der Waals surface area contributed by atoms with Crippen LogP contribution in [0.4, 0.5) is 0 Å². The van der Waals surface area contributed by atoms with Crippen LogP contribution in [0.25, 0.3) is 0 Å². The van der Waals surface area contributed by atoms with Crippen LogP contribution in [0.1, 0.15) is 43.0 Å². The summed E-state index contributed by atoms with van der Waals surface area (Å²) in [4.78, 5) is 12.3. The average Bonchev–Trinajstić information content (AvgIpc) is 2.40. The second-order valence-electron chi connectivity index (χ2n) is 5.86. The van der Waals surface area contributed by atoms with Gasteiger partial charge in [0.2, 0.25) is 0 Å². The lowest BCUT2D eigenvalue weighted by Gasteiger charge is -2.35. The van der Waals surface area contributed by atoms with Crippen molar-refractivity contribution in [1.29, 1.82) is 0 Å². The third-order valence-electron chi connectivity index (χ3n) is 3.88. The van der Waals surface area contributed by atoms with Crippen LogP contribution >= 0.6 is 45.8 Å². The zero-order valence-electron chi connectivity index (χ0n) is 11.8. The van der Waals surface area contributed by atoms with Gasteiger partial charge < -0.3 is 10.4 Å². The van der Waals surface area contributed by atoms with E-state index in [0.29, 0.717) is 25.1 Å². The van der Waals surface area contributed by atoms with E-state index >= 15 is 0 Å².